The van der Waals surface area contributed by atoms with Crippen LogP contribution in [0.4, 0.5) is 0 Å². The van der Waals surface area contributed by atoms with Crippen LogP contribution in [0, 0.1) is 0 Å². The average molecular weight is 378 g/mol. The van der Waals surface area contributed by atoms with Crippen LogP contribution in [-0.2, 0) is 6.42 Å². The molecule has 8 heteroatoms. The largest absolute Gasteiger partial charge is 0.493 e. The van der Waals surface area contributed by atoms with E-state index in [1.807, 2.05) is 19.1 Å². The zero-order valence-corrected chi connectivity index (χ0v) is 15.0. The summed E-state index contributed by atoms with van der Waals surface area (Å²) in [5.74, 6) is -1.05. The van der Waals surface area contributed by atoms with Gasteiger partial charge in [0, 0.05) is 5.56 Å². The molecule has 0 saturated heterocycles. The molecule has 3 aromatic rings. The molecule has 8 nitrogen and oxygen atoms in total. The number of hydrogen-bond acceptors (Lipinski definition) is 5. The first-order valence-electron chi connectivity index (χ1n) is 8.57. The second-order valence-corrected chi connectivity index (χ2v) is 5.92. The van der Waals surface area contributed by atoms with E-state index in [4.69, 9.17) is 0 Å². The number of amides is 1. The van der Waals surface area contributed by atoms with Crippen molar-refractivity contribution in [2.75, 3.05) is 0 Å². The number of hydrazone groups is 1. The molecule has 0 saturated carbocycles. The molecule has 2 aromatic carbocycles. The minimum atomic E-state index is -0.818. The van der Waals surface area contributed by atoms with E-state index in [0.29, 0.717) is 11.3 Å². The van der Waals surface area contributed by atoms with Gasteiger partial charge in [0.25, 0.3) is 11.5 Å². The van der Waals surface area contributed by atoms with E-state index in [-0.39, 0.29) is 5.56 Å². The molecule has 0 radical (unpaired) electrons. The Labute approximate surface area is 159 Å². The second-order valence-electron chi connectivity index (χ2n) is 5.92. The molecule has 0 aliphatic heterocycles. The van der Waals surface area contributed by atoms with E-state index in [0.717, 1.165) is 22.8 Å². The number of aromatic amines is 1. The van der Waals surface area contributed by atoms with Crippen LogP contribution in [0.1, 0.15) is 28.4 Å². The molecule has 142 valence electrons. The van der Waals surface area contributed by atoms with Crippen LogP contribution in [0.25, 0.3) is 5.69 Å². The second kappa shape index (κ2) is 8.17. The maximum atomic E-state index is 12.2. The summed E-state index contributed by atoms with van der Waals surface area (Å²) in [6, 6.07) is 15.4. The molecule has 28 heavy (non-hydrogen) atoms. The number of carbonyl (C=O) groups excluding carboxylic acids is 1. The maximum Gasteiger partial charge on any atom is 0.335 e. The molecule has 0 fully saturated rings. The van der Waals surface area contributed by atoms with E-state index < -0.39 is 23.0 Å². The zero-order chi connectivity index (χ0) is 20.1. The SMILES string of the molecule is CCc1ccc(-n2c(O)c(/C=N/NC(=O)c3ccccc3)c(=O)[nH]c2=O)cc1. The number of nitrogens with zero attached hydrogens (tertiary/aromatic N) is 2. The summed E-state index contributed by atoms with van der Waals surface area (Å²) in [5, 5.41) is 14.2. The highest BCUT2D eigenvalue weighted by atomic mass is 16.3. The van der Waals surface area contributed by atoms with Gasteiger partial charge in [0.15, 0.2) is 0 Å². The lowest BCUT2D eigenvalue weighted by atomic mass is 10.1. The summed E-state index contributed by atoms with van der Waals surface area (Å²) < 4.78 is 0.960. The predicted octanol–water partition coefficient (Wildman–Crippen LogP) is 1.56. The number of carbonyl (C=O) groups is 1. The summed E-state index contributed by atoms with van der Waals surface area (Å²) in [7, 11) is 0. The highest BCUT2D eigenvalue weighted by Gasteiger charge is 2.14. The van der Waals surface area contributed by atoms with Gasteiger partial charge in [-0.25, -0.2) is 14.8 Å². The summed E-state index contributed by atoms with van der Waals surface area (Å²) in [5.41, 5.74) is 2.25. The lowest BCUT2D eigenvalue weighted by molar-refractivity contribution is 0.0955. The van der Waals surface area contributed by atoms with Gasteiger partial charge in [-0.15, -0.1) is 0 Å². The van der Waals surface area contributed by atoms with Crippen molar-refractivity contribution in [2.45, 2.75) is 13.3 Å². The number of aromatic nitrogens is 2. The van der Waals surface area contributed by atoms with Gasteiger partial charge in [0.05, 0.1) is 11.9 Å². The van der Waals surface area contributed by atoms with Crippen LogP contribution in [0.2, 0.25) is 0 Å². The fourth-order valence-electron chi connectivity index (χ4n) is 2.58. The Morgan fingerprint density at radius 3 is 2.46 bits per heavy atom. The quantitative estimate of drug-likeness (QED) is 0.461. The summed E-state index contributed by atoms with van der Waals surface area (Å²) in [4.78, 5) is 38.3. The lowest BCUT2D eigenvalue weighted by Crippen LogP contribution is -2.31. The van der Waals surface area contributed by atoms with Crippen molar-refractivity contribution in [3.8, 4) is 11.6 Å². The predicted molar refractivity (Wildman–Crippen MR) is 105 cm³/mol. The first kappa shape index (κ1) is 18.8. The zero-order valence-electron chi connectivity index (χ0n) is 15.0. The molecule has 1 aromatic heterocycles. The van der Waals surface area contributed by atoms with Gasteiger partial charge in [-0.1, -0.05) is 37.3 Å². The lowest BCUT2D eigenvalue weighted by Gasteiger charge is -2.10. The summed E-state index contributed by atoms with van der Waals surface area (Å²) >= 11 is 0. The van der Waals surface area contributed by atoms with Crippen LogP contribution in [0.3, 0.4) is 0 Å². The summed E-state index contributed by atoms with van der Waals surface area (Å²) in [6.07, 6.45) is 1.82. The minimum Gasteiger partial charge on any atom is -0.493 e. The smallest absolute Gasteiger partial charge is 0.335 e. The van der Waals surface area contributed by atoms with Crippen LogP contribution >= 0.6 is 0 Å². The standard InChI is InChI=1S/C20H18N4O4/c1-2-13-8-10-15(11-9-13)24-19(27)16(18(26)22-20(24)28)12-21-23-17(25)14-6-4-3-5-7-14/h3-12,27H,2H2,1H3,(H,23,25)(H,22,26,28)/b21-12+. The van der Waals surface area contributed by atoms with Gasteiger partial charge in [-0.3, -0.25) is 14.6 Å². The monoisotopic (exact) mass is 378 g/mol. The third-order valence-corrected chi connectivity index (χ3v) is 4.12. The van der Waals surface area contributed by atoms with Crippen molar-refractivity contribution in [1.29, 1.82) is 0 Å². The van der Waals surface area contributed by atoms with Gasteiger partial charge < -0.3 is 5.11 Å². The third-order valence-electron chi connectivity index (χ3n) is 4.12. The maximum absolute atomic E-state index is 12.2. The average Bonchev–Trinajstić information content (AvgIpc) is 2.71. The number of benzene rings is 2. The van der Waals surface area contributed by atoms with Crippen LogP contribution < -0.4 is 16.7 Å². The van der Waals surface area contributed by atoms with E-state index in [1.165, 1.54) is 0 Å². The van der Waals surface area contributed by atoms with Crippen LogP contribution in [0.5, 0.6) is 5.88 Å². The van der Waals surface area contributed by atoms with Crippen molar-refractivity contribution in [1.82, 2.24) is 15.0 Å². The Balaban J connectivity index is 1.92. The number of nitrogens with one attached hydrogen (secondary N) is 2. The Kier molecular flexibility index (Phi) is 5.50. The van der Waals surface area contributed by atoms with Crippen molar-refractivity contribution < 1.29 is 9.90 Å². The Morgan fingerprint density at radius 2 is 1.82 bits per heavy atom. The summed E-state index contributed by atoms with van der Waals surface area (Å²) in [6.45, 7) is 2.00. The number of hydrogen-bond donors (Lipinski definition) is 3. The molecular weight excluding hydrogens is 360 g/mol. The van der Waals surface area contributed by atoms with Gasteiger partial charge in [-0.2, -0.15) is 5.10 Å². The van der Waals surface area contributed by atoms with Crippen molar-refractivity contribution in [2.24, 2.45) is 5.10 Å². The van der Waals surface area contributed by atoms with Crippen molar-refractivity contribution in [3.05, 3.63) is 92.1 Å². The first-order chi connectivity index (χ1) is 13.5. The fourth-order valence-corrected chi connectivity index (χ4v) is 2.58. The van der Waals surface area contributed by atoms with Crippen LogP contribution in [-0.4, -0.2) is 26.8 Å². The highest BCUT2D eigenvalue weighted by molar-refractivity contribution is 5.94. The van der Waals surface area contributed by atoms with Gasteiger partial charge in [-0.05, 0) is 36.2 Å². The molecule has 3 N–H and O–H groups in total. The van der Waals surface area contributed by atoms with Crippen molar-refractivity contribution >= 4 is 12.1 Å². The van der Waals surface area contributed by atoms with Gasteiger partial charge in [0.1, 0.15) is 5.56 Å². The first-order valence-corrected chi connectivity index (χ1v) is 8.57. The molecule has 0 spiro atoms. The van der Waals surface area contributed by atoms with E-state index in [9.17, 15) is 19.5 Å². The van der Waals surface area contributed by atoms with Gasteiger partial charge >= 0.3 is 5.69 Å². The van der Waals surface area contributed by atoms with Crippen molar-refractivity contribution in [3.63, 3.8) is 0 Å². The van der Waals surface area contributed by atoms with E-state index in [2.05, 4.69) is 15.5 Å². The molecular formula is C20H18N4O4. The Morgan fingerprint density at radius 1 is 1.14 bits per heavy atom. The fraction of sp³-hybridized carbons (Fsp3) is 0.100. The molecule has 0 aliphatic carbocycles. The molecule has 1 heterocycles. The normalized spacial score (nSPS) is 10.9. The number of aromatic hydroxyl groups is 1. The van der Waals surface area contributed by atoms with Crippen LogP contribution in [0.15, 0.2) is 69.3 Å². The van der Waals surface area contributed by atoms with E-state index >= 15 is 0 Å². The topological polar surface area (TPSA) is 117 Å². The molecule has 0 unspecified atom stereocenters. The molecule has 0 bridgehead atoms. The molecule has 0 atom stereocenters. The molecule has 0 aliphatic rings. The van der Waals surface area contributed by atoms with Gasteiger partial charge in [0.2, 0.25) is 5.88 Å². The number of rotatable bonds is 5. The van der Waals surface area contributed by atoms with E-state index in [1.54, 1.807) is 42.5 Å². The third kappa shape index (κ3) is 3.90. The molecule has 3 rings (SSSR count). The Bertz CT molecular complexity index is 1130. The number of H-pyrrole nitrogens is 1. The Hall–Kier alpha value is -3.94. The number of aryl methyl sites for hydroxylation is 1. The minimum absolute atomic E-state index is 0.257. The molecule has 1 amide bonds. The highest BCUT2D eigenvalue weighted by Crippen LogP contribution is 2.16.